The maximum atomic E-state index is 13.0. The zero-order valence-corrected chi connectivity index (χ0v) is 13.6. The lowest BCUT2D eigenvalue weighted by Gasteiger charge is -2.26. The highest BCUT2D eigenvalue weighted by Gasteiger charge is 2.26. The average molecular weight is 321 g/mol. The van der Waals surface area contributed by atoms with Crippen LogP contribution in [-0.2, 0) is 16.1 Å². The number of para-hydroxylation sites is 1. The Labute approximate surface area is 141 Å². The molecular formula is C19H19N3O2. The number of amides is 2. The number of anilines is 1. The molecule has 0 aliphatic carbocycles. The number of hydrogen-bond donors (Lipinski definition) is 0. The van der Waals surface area contributed by atoms with E-state index < -0.39 is 0 Å². The highest BCUT2D eigenvalue weighted by Crippen LogP contribution is 2.19. The molecule has 0 aromatic heterocycles. The second-order valence-electron chi connectivity index (χ2n) is 5.68. The minimum atomic E-state index is -0.163. The van der Waals surface area contributed by atoms with Crippen LogP contribution < -0.4 is 4.90 Å². The Bertz CT molecular complexity index is 757. The van der Waals surface area contributed by atoms with E-state index in [1.54, 1.807) is 11.9 Å². The SMILES string of the molecule is CN1N=C(C(=O)N(Cc2ccccc2)c2ccccc2)CCC1=O. The fourth-order valence-electron chi connectivity index (χ4n) is 2.63. The fourth-order valence-corrected chi connectivity index (χ4v) is 2.63. The van der Waals surface area contributed by atoms with E-state index in [1.807, 2.05) is 60.7 Å². The predicted octanol–water partition coefficient (Wildman–Crippen LogP) is 2.83. The second-order valence-corrected chi connectivity index (χ2v) is 5.68. The van der Waals surface area contributed by atoms with E-state index in [-0.39, 0.29) is 11.8 Å². The Morgan fingerprint density at radius 3 is 2.29 bits per heavy atom. The van der Waals surface area contributed by atoms with Crippen LogP contribution in [-0.4, -0.2) is 29.6 Å². The third kappa shape index (κ3) is 3.51. The standard InChI is InChI=1S/C19H19N3O2/c1-21-18(23)13-12-17(20-21)19(24)22(16-10-6-3-7-11-16)14-15-8-4-2-5-9-15/h2-11H,12-14H2,1H3. The molecule has 0 spiro atoms. The molecule has 0 saturated carbocycles. The van der Waals surface area contributed by atoms with E-state index in [1.165, 1.54) is 5.01 Å². The molecule has 2 amide bonds. The average Bonchev–Trinajstić information content (AvgIpc) is 2.63. The fraction of sp³-hybridized carbons (Fsp3) is 0.211. The lowest BCUT2D eigenvalue weighted by molar-refractivity contribution is -0.130. The first kappa shape index (κ1) is 15.9. The molecule has 0 saturated heterocycles. The maximum absolute atomic E-state index is 13.0. The minimum Gasteiger partial charge on any atom is -0.303 e. The van der Waals surface area contributed by atoms with Gasteiger partial charge in [-0.05, 0) is 17.7 Å². The lowest BCUT2D eigenvalue weighted by Crippen LogP contribution is -2.40. The third-order valence-corrected chi connectivity index (χ3v) is 3.95. The third-order valence-electron chi connectivity index (χ3n) is 3.95. The van der Waals surface area contributed by atoms with Gasteiger partial charge in [0, 0.05) is 25.6 Å². The van der Waals surface area contributed by atoms with Gasteiger partial charge in [0.05, 0.1) is 6.54 Å². The highest BCUT2D eigenvalue weighted by molar-refractivity contribution is 6.44. The Balaban J connectivity index is 1.91. The Morgan fingerprint density at radius 2 is 1.67 bits per heavy atom. The molecule has 0 atom stereocenters. The van der Waals surface area contributed by atoms with Crippen molar-refractivity contribution in [1.29, 1.82) is 0 Å². The van der Waals surface area contributed by atoms with E-state index in [0.29, 0.717) is 25.1 Å². The molecule has 24 heavy (non-hydrogen) atoms. The summed E-state index contributed by atoms with van der Waals surface area (Å²) in [5.41, 5.74) is 2.26. The van der Waals surface area contributed by atoms with Gasteiger partial charge in [-0.15, -0.1) is 0 Å². The van der Waals surface area contributed by atoms with Crippen molar-refractivity contribution < 1.29 is 9.59 Å². The lowest BCUT2D eigenvalue weighted by atomic mass is 10.1. The van der Waals surface area contributed by atoms with Crippen LogP contribution in [0.5, 0.6) is 0 Å². The van der Waals surface area contributed by atoms with Crippen LogP contribution in [0.25, 0.3) is 0 Å². The first-order valence-corrected chi connectivity index (χ1v) is 7.90. The maximum Gasteiger partial charge on any atom is 0.274 e. The van der Waals surface area contributed by atoms with Crippen LogP contribution in [0, 0.1) is 0 Å². The van der Waals surface area contributed by atoms with Crippen molar-refractivity contribution in [2.75, 3.05) is 11.9 Å². The molecule has 0 fully saturated rings. The van der Waals surface area contributed by atoms with Crippen molar-refractivity contribution in [3.05, 3.63) is 66.2 Å². The summed E-state index contributed by atoms with van der Waals surface area (Å²) in [6.45, 7) is 0.459. The zero-order chi connectivity index (χ0) is 16.9. The van der Waals surface area contributed by atoms with Gasteiger partial charge < -0.3 is 4.90 Å². The topological polar surface area (TPSA) is 53.0 Å². The van der Waals surface area contributed by atoms with E-state index in [2.05, 4.69) is 5.10 Å². The van der Waals surface area contributed by atoms with Gasteiger partial charge in [0.1, 0.15) is 5.71 Å². The van der Waals surface area contributed by atoms with Crippen LogP contribution in [0.3, 0.4) is 0 Å². The molecule has 2 aromatic carbocycles. The van der Waals surface area contributed by atoms with E-state index in [9.17, 15) is 9.59 Å². The molecule has 0 radical (unpaired) electrons. The van der Waals surface area contributed by atoms with Gasteiger partial charge in [-0.2, -0.15) is 5.10 Å². The molecule has 5 nitrogen and oxygen atoms in total. The molecule has 1 aliphatic heterocycles. The van der Waals surface area contributed by atoms with Crippen molar-refractivity contribution in [3.63, 3.8) is 0 Å². The van der Waals surface area contributed by atoms with Crippen molar-refractivity contribution in [1.82, 2.24) is 5.01 Å². The first-order valence-electron chi connectivity index (χ1n) is 7.90. The summed E-state index contributed by atoms with van der Waals surface area (Å²) >= 11 is 0. The summed E-state index contributed by atoms with van der Waals surface area (Å²) in [6, 6.07) is 19.4. The summed E-state index contributed by atoms with van der Waals surface area (Å²) in [5, 5.41) is 5.41. The van der Waals surface area contributed by atoms with Crippen LogP contribution in [0.2, 0.25) is 0 Å². The van der Waals surface area contributed by atoms with Gasteiger partial charge in [-0.3, -0.25) is 9.59 Å². The zero-order valence-electron chi connectivity index (χ0n) is 13.6. The largest absolute Gasteiger partial charge is 0.303 e. The van der Waals surface area contributed by atoms with E-state index in [0.717, 1.165) is 11.3 Å². The normalized spacial score (nSPS) is 14.3. The van der Waals surface area contributed by atoms with Gasteiger partial charge in [-0.1, -0.05) is 48.5 Å². The molecule has 1 aliphatic rings. The van der Waals surface area contributed by atoms with Crippen molar-refractivity contribution in [3.8, 4) is 0 Å². The molecule has 0 unspecified atom stereocenters. The minimum absolute atomic E-state index is 0.0686. The highest BCUT2D eigenvalue weighted by atomic mass is 16.2. The number of carbonyl (C=O) groups is 2. The molecule has 0 bridgehead atoms. The number of hydrogen-bond acceptors (Lipinski definition) is 3. The molecular weight excluding hydrogens is 302 g/mol. The summed E-state index contributed by atoms with van der Waals surface area (Å²) in [4.78, 5) is 26.3. The van der Waals surface area contributed by atoms with Crippen LogP contribution in [0.4, 0.5) is 5.69 Å². The van der Waals surface area contributed by atoms with Gasteiger partial charge >= 0.3 is 0 Å². The first-order chi connectivity index (χ1) is 11.6. The smallest absolute Gasteiger partial charge is 0.274 e. The number of carbonyl (C=O) groups excluding carboxylic acids is 2. The Kier molecular flexibility index (Phi) is 4.70. The molecule has 3 rings (SSSR count). The molecule has 1 heterocycles. The predicted molar refractivity (Wildman–Crippen MR) is 93.5 cm³/mol. The quantitative estimate of drug-likeness (QED) is 0.869. The van der Waals surface area contributed by atoms with Gasteiger partial charge in [0.15, 0.2) is 0 Å². The number of benzene rings is 2. The summed E-state index contributed by atoms with van der Waals surface area (Å²) in [7, 11) is 1.58. The van der Waals surface area contributed by atoms with E-state index in [4.69, 9.17) is 0 Å². The van der Waals surface area contributed by atoms with Crippen molar-refractivity contribution >= 4 is 23.2 Å². The Hall–Kier alpha value is -2.95. The molecule has 122 valence electrons. The monoisotopic (exact) mass is 321 g/mol. The summed E-state index contributed by atoms with van der Waals surface area (Å²) in [5.74, 6) is -0.231. The van der Waals surface area contributed by atoms with Crippen LogP contribution >= 0.6 is 0 Å². The van der Waals surface area contributed by atoms with Crippen molar-refractivity contribution in [2.24, 2.45) is 5.10 Å². The number of nitrogens with zero attached hydrogens (tertiary/aromatic N) is 3. The Morgan fingerprint density at radius 1 is 1.04 bits per heavy atom. The number of rotatable bonds is 4. The molecule has 2 aromatic rings. The summed E-state index contributed by atoms with van der Waals surface area (Å²) < 4.78 is 0. The van der Waals surface area contributed by atoms with Crippen LogP contribution in [0.15, 0.2) is 65.8 Å². The van der Waals surface area contributed by atoms with Gasteiger partial charge in [0.2, 0.25) is 5.91 Å². The molecule has 0 N–H and O–H groups in total. The summed E-state index contributed by atoms with van der Waals surface area (Å²) in [6.07, 6.45) is 0.690. The van der Waals surface area contributed by atoms with E-state index >= 15 is 0 Å². The van der Waals surface area contributed by atoms with Crippen molar-refractivity contribution in [2.45, 2.75) is 19.4 Å². The van der Waals surface area contributed by atoms with Gasteiger partial charge in [-0.25, -0.2) is 5.01 Å². The number of hydrazone groups is 1. The van der Waals surface area contributed by atoms with Crippen LogP contribution in [0.1, 0.15) is 18.4 Å². The molecule has 5 heteroatoms. The second kappa shape index (κ2) is 7.08. The van der Waals surface area contributed by atoms with Gasteiger partial charge in [0.25, 0.3) is 5.91 Å².